The van der Waals surface area contributed by atoms with Crippen LogP contribution in [0.25, 0.3) is 0 Å². The smallest absolute Gasteiger partial charge is 0.306 e. The van der Waals surface area contributed by atoms with Crippen LogP contribution >= 0.6 is 0 Å². The molecule has 3 nitrogen and oxygen atoms in total. The molecule has 1 saturated heterocycles. The minimum atomic E-state index is -0.572. The highest BCUT2D eigenvalue weighted by Crippen LogP contribution is 2.64. The molecule has 0 aromatic heterocycles. The Hall–Kier alpha value is -0.570. The fourth-order valence-corrected chi connectivity index (χ4v) is 3.97. The maximum absolute atomic E-state index is 11.3. The Morgan fingerprint density at radius 2 is 1.62 bits per heavy atom. The molecule has 3 rings (SSSR count). The quantitative estimate of drug-likeness (QED) is 0.744. The number of carboxylic acid groups (broad SMARTS) is 1. The molecule has 1 N–H and O–H groups in total. The molecular formula is C13H20O3. The normalized spacial score (nSPS) is 35.1. The van der Waals surface area contributed by atoms with E-state index in [0.29, 0.717) is 10.8 Å². The molecule has 2 spiro atoms. The Bertz CT molecular complexity index is 300. The third kappa shape index (κ3) is 1.75. The van der Waals surface area contributed by atoms with Crippen LogP contribution in [0.4, 0.5) is 0 Å². The number of ether oxygens (including phenoxy) is 1. The molecule has 3 heteroatoms. The van der Waals surface area contributed by atoms with E-state index < -0.39 is 5.97 Å². The maximum atomic E-state index is 11.3. The molecule has 0 bridgehead atoms. The van der Waals surface area contributed by atoms with Crippen molar-refractivity contribution in [2.45, 2.75) is 44.9 Å². The van der Waals surface area contributed by atoms with Crippen molar-refractivity contribution in [3.63, 3.8) is 0 Å². The van der Waals surface area contributed by atoms with Crippen LogP contribution in [0.1, 0.15) is 44.9 Å². The Balaban J connectivity index is 1.80. The van der Waals surface area contributed by atoms with Crippen molar-refractivity contribution in [1.82, 2.24) is 0 Å². The molecule has 90 valence electrons. The summed E-state index contributed by atoms with van der Waals surface area (Å²) in [5, 5.41) is 9.28. The summed E-state index contributed by atoms with van der Waals surface area (Å²) in [6, 6.07) is 0. The summed E-state index contributed by atoms with van der Waals surface area (Å²) in [7, 11) is 0. The summed E-state index contributed by atoms with van der Waals surface area (Å²) in [6.45, 7) is 1.67. The zero-order valence-corrected chi connectivity index (χ0v) is 9.71. The van der Waals surface area contributed by atoms with E-state index >= 15 is 0 Å². The number of carbonyl (C=O) groups is 1. The lowest BCUT2D eigenvalue weighted by molar-refractivity contribution is -0.147. The lowest BCUT2D eigenvalue weighted by atomic mass is 9.60. The zero-order valence-electron chi connectivity index (χ0n) is 9.71. The van der Waals surface area contributed by atoms with Crippen LogP contribution in [0.5, 0.6) is 0 Å². The number of hydrogen-bond acceptors (Lipinski definition) is 2. The average Bonchev–Trinajstić information content (AvgIpc) is 2.97. The first-order valence-corrected chi connectivity index (χ1v) is 6.44. The maximum Gasteiger partial charge on any atom is 0.306 e. The first kappa shape index (κ1) is 10.6. The minimum Gasteiger partial charge on any atom is -0.481 e. The van der Waals surface area contributed by atoms with Crippen molar-refractivity contribution in [3.05, 3.63) is 0 Å². The molecule has 1 aliphatic heterocycles. The van der Waals surface area contributed by atoms with E-state index in [0.717, 1.165) is 38.9 Å². The minimum absolute atomic E-state index is 0.0886. The van der Waals surface area contributed by atoms with E-state index in [9.17, 15) is 9.90 Å². The van der Waals surface area contributed by atoms with Crippen molar-refractivity contribution in [1.29, 1.82) is 0 Å². The molecule has 3 fully saturated rings. The highest BCUT2D eigenvalue weighted by molar-refractivity contribution is 5.70. The third-order valence-corrected chi connectivity index (χ3v) is 4.97. The Labute approximate surface area is 96.2 Å². The highest BCUT2D eigenvalue weighted by atomic mass is 16.5. The van der Waals surface area contributed by atoms with Gasteiger partial charge in [-0.1, -0.05) is 0 Å². The molecule has 3 aliphatic rings. The van der Waals surface area contributed by atoms with Crippen LogP contribution in [0, 0.1) is 16.7 Å². The molecule has 0 radical (unpaired) electrons. The van der Waals surface area contributed by atoms with Crippen molar-refractivity contribution < 1.29 is 14.6 Å². The molecule has 0 aromatic carbocycles. The van der Waals surface area contributed by atoms with Gasteiger partial charge in [-0.15, -0.1) is 0 Å². The van der Waals surface area contributed by atoms with Crippen LogP contribution in [0.15, 0.2) is 0 Å². The zero-order chi connectivity index (χ0) is 11.2. The van der Waals surface area contributed by atoms with Gasteiger partial charge in [0.05, 0.1) is 5.92 Å². The molecule has 0 aromatic rings. The summed E-state index contributed by atoms with van der Waals surface area (Å²) in [6.07, 6.45) is 7.79. The van der Waals surface area contributed by atoms with Gasteiger partial charge in [-0.2, -0.15) is 0 Å². The summed E-state index contributed by atoms with van der Waals surface area (Å²) in [5.41, 5.74) is 0.717. The molecule has 1 atom stereocenters. The van der Waals surface area contributed by atoms with Crippen molar-refractivity contribution in [2.75, 3.05) is 13.2 Å². The first-order valence-electron chi connectivity index (χ1n) is 6.44. The largest absolute Gasteiger partial charge is 0.481 e. The lowest BCUT2D eigenvalue weighted by Crippen LogP contribution is -2.40. The summed E-state index contributed by atoms with van der Waals surface area (Å²) in [4.78, 5) is 11.3. The van der Waals surface area contributed by atoms with E-state index in [4.69, 9.17) is 4.74 Å². The molecule has 0 amide bonds. The van der Waals surface area contributed by atoms with Gasteiger partial charge >= 0.3 is 5.97 Å². The summed E-state index contributed by atoms with van der Waals surface area (Å²) >= 11 is 0. The highest BCUT2D eigenvalue weighted by Gasteiger charge is 2.55. The van der Waals surface area contributed by atoms with Crippen LogP contribution < -0.4 is 0 Å². The van der Waals surface area contributed by atoms with Gasteiger partial charge in [0, 0.05) is 13.2 Å². The third-order valence-electron chi connectivity index (χ3n) is 4.97. The Morgan fingerprint density at radius 3 is 2.12 bits per heavy atom. The number of carboxylic acids is 1. The first-order chi connectivity index (χ1) is 7.63. The van der Waals surface area contributed by atoms with Gasteiger partial charge in [-0.3, -0.25) is 4.79 Å². The fraction of sp³-hybridized carbons (Fsp3) is 0.923. The van der Waals surface area contributed by atoms with Crippen molar-refractivity contribution >= 4 is 5.97 Å². The predicted molar refractivity (Wildman–Crippen MR) is 59.1 cm³/mol. The molecule has 2 saturated carbocycles. The Morgan fingerprint density at radius 1 is 1.06 bits per heavy atom. The molecule has 16 heavy (non-hydrogen) atoms. The second-order valence-electron chi connectivity index (χ2n) is 6.23. The van der Waals surface area contributed by atoms with Gasteiger partial charge in [0.2, 0.25) is 0 Å². The van der Waals surface area contributed by atoms with E-state index in [2.05, 4.69) is 0 Å². The van der Waals surface area contributed by atoms with Crippen molar-refractivity contribution in [2.24, 2.45) is 16.7 Å². The summed E-state index contributed by atoms with van der Waals surface area (Å²) in [5.74, 6) is -0.661. The van der Waals surface area contributed by atoms with Gasteiger partial charge < -0.3 is 9.84 Å². The predicted octanol–water partition coefficient (Wildman–Crippen LogP) is 2.45. The average molecular weight is 224 g/mol. The van der Waals surface area contributed by atoms with Crippen molar-refractivity contribution in [3.8, 4) is 0 Å². The van der Waals surface area contributed by atoms with Gasteiger partial charge in [-0.25, -0.2) is 0 Å². The van der Waals surface area contributed by atoms with E-state index in [1.807, 2.05) is 0 Å². The second kappa shape index (κ2) is 3.46. The topological polar surface area (TPSA) is 46.5 Å². The lowest BCUT2D eigenvalue weighted by Gasteiger charge is -2.46. The molecular weight excluding hydrogens is 204 g/mol. The monoisotopic (exact) mass is 224 g/mol. The summed E-state index contributed by atoms with van der Waals surface area (Å²) < 4.78 is 5.43. The Kier molecular flexibility index (Phi) is 2.29. The van der Waals surface area contributed by atoms with E-state index in [1.165, 1.54) is 19.3 Å². The van der Waals surface area contributed by atoms with Crippen LogP contribution in [0.2, 0.25) is 0 Å². The van der Waals surface area contributed by atoms with Crippen LogP contribution in [-0.4, -0.2) is 24.3 Å². The van der Waals surface area contributed by atoms with Gasteiger partial charge in [0.15, 0.2) is 0 Å². The standard InChI is InChI=1S/C13H20O3/c14-11(15)10-7-12(1-2-12)9-13(8-10)3-5-16-6-4-13/h10H,1-9H2,(H,14,15). The SMILES string of the molecule is O=C(O)C1CC2(CCOCC2)CC2(CC2)C1. The fourth-order valence-electron chi connectivity index (χ4n) is 3.97. The van der Waals surface area contributed by atoms with Crippen LogP contribution in [0.3, 0.4) is 0 Å². The number of hydrogen-bond donors (Lipinski definition) is 1. The van der Waals surface area contributed by atoms with Crippen LogP contribution in [-0.2, 0) is 9.53 Å². The van der Waals surface area contributed by atoms with Gasteiger partial charge in [0.1, 0.15) is 0 Å². The van der Waals surface area contributed by atoms with E-state index in [-0.39, 0.29) is 5.92 Å². The second-order valence-corrected chi connectivity index (χ2v) is 6.23. The molecule has 1 unspecified atom stereocenters. The van der Waals surface area contributed by atoms with Gasteiger partial charge in [0.25, 0.3) is 0 Å². The van der Waals surface area contributed by atoms with E-state index in [1.54, 1.807) is 0 Å². The van der Waals surface area contributed by atoms with Gasteiger partial charge in [-0.05, 0) is 55.8 Å². The number of rotatable bonds is 1. The molecule has 2 aliphatic carbocycles. The number of aliphatic carboxylic acids is 1. The molecule has 1 heterocycles.